The van der Waals surface area contributed by atoms with Gasteiger partial charge in [-0.3, -0.25) is 4.90 Å². The number of rotatable bonds is 10. The van der Waals surface area contributed by atoms with E-state index in [1.54, 1.807) is 0 Å². The topological polar surface area (TPSA) is 97.6 Å². The Balaban J connectivity index is 1.53. The normalized spacial score (nSPS) is 14.6. The summed E-state index contributed by atoms with van der Waals surface area (Å²) in [4.78, 5) is 10.9. The molecule has 1 aliphatic rings. The van der Waals surface area contributed by atoms with Gasteiger partial charge in [-0.15, -0.1) is 0 Å². The maximum atomic E-state index is 6.25. The summed E-state index contributed by atoms with van der Waals surface area (Å²) >= 11 is 0. The number of unbranched alkanes of at least 4 members (excludes halogenated alkanes) is 1. The van der Waals surface area contributed by atoms with Crippen LogP contribution in [0.5, 0.6) is 5.75 Å². The molecule has 0 amide bonds. The molecule has 152 valence electrons. The van der Waals surface area contributed by atoms with Crippen molar-refractivity contribution in [2.75, 3.05) is 62.4 Å². The number of nitrogens with two attached hydrogens (primary N) is 1. The first kappa shape index (κ1) is 20.2. The molecule has 0 bridgehead atoms. The number of morpholine rings is 1. The monoisotopic (exact) mass is 386 g/mol. The third-order valence-electron chi connectivity index (χ3n) is 4.59. The zero-order valence-corrected chi connectivity index (χ0v) is 16.5. The van der Waals surface area contributed by atoms with Crippen molar-refractivity contribution < 1.29 is 9.47 Å². The molecule has 0 atom stereocenters. The summed E-state index contributed by atoms with van der Waals surface area (Å²) in [5.74, 6) is 2.09. The van der Waals surface area contributed by atoms with E-state index in [-0.39, 0.29) is 0 Å². The van der Waals surface area contributed by atoms with Gasteiger partial charge < -0.3 is 25.8 Å². The number of anilines is 4. The minimum atomic E-state index is 0.507. The van der Waals surface area contributed by atoms with E-state index < -0.39 is 0 Å². The van der Waals surface area contributed by atoms with Gasteiger partial charge in [0.25, 0.3) is 0 Å². The fourth-order valence-electron chi connectivity index (χ4n) is 2.90. The lowest BCUT2D eigenvalue weighted by molar-refractivity contribution is 0.0398. The van der Waals surface area contributed by atoms with Crippen LogP contribution < -0.4 is 21.1 Å². The zero-order valence-electron chi connectivity index (χ0n) is 16.5. The van der Waals surface area contributed by atoms with Crippen LogP contribution in [0.4, 0.5) is 23.0 Å². The average molecular weight is 387 g/mol. The van der Waals surface area contributed by atoms with Crippen molar-refractivity contribution in [3.8, 4) is 5.75 Å². The van der Waals surface area contributed by atoms with Gasteiger partial charge in [-0.05, 0) is 30.7 Å². The third-order valence-corrected chi connectivity index (χ3v) is 4.59. The average Bonchev–Trinajstić information content (AvgIpc) is 2.73. The molecule has 4 N–H and O–H groups in total. The molecular weight excluding hydrogens is 356 g/mol. The highest BCUT2D eigenvalue weighted by Crippen LogP contribution is 2.26. The smallest absolute Gasteiger partial charge is 0.159 e. The van der Waals surface area contributed by atoms with E-state index >= 15 is 0 Å². The van der Waals surface area contributed by atoms with Gasteiger partial charge in [-0.2, -0.15) is 0 Å². The molecule has 8 nitrogen and oxygen atoms in total. The Labute approximate surface area is 166 Å². The minimum absolute atomic E-state index is 0.507. The molecule has 1 saturated heterocycles. The van der Waals surface area contributed by atoms with Gasteiger partial charge in [0, 0.05) is 31.9 Å². The lowest BCUT2D eigenvalue weighted by atomic mass is 10.3. The molecule has 1 fully saturated rings. The molecule has 1 aliphatic heterocycles. The second-order valence-electron chi connectivity index (χ2n) is 6.72. The zero-order chi connectivity index (χ0) is 19.6. The number of nitrogen functional groups attached to an aromatic ring is 1. The van der Waals surface area contributed by atoms with E-state index in [4.69, 9.17) is 15.2 Å². The van der Waals surface area contributed by atoms with Crippen molar-refractivity contribution in [3.63, 3.8) is 0 Å². The van der Waals surface area contributed by atoms with E-state index in [9.17, 15) is 0 Å². The van der Waals surface area contributed by atoms with Crippen molar-refractivity contribution in [1.29, 1.82) is 0 Å². The largest absolute Gasteiger partial charge is 0.494 e. The number of ether oxygens (including phenoxy) is 2. The summed E-state index contributed by atoms with van der Waals surface area (Å²) in [6.07, 6.45) is 3.69. The van der Waals surface area contributed by atoms with Gasteiger partial charge in [0.05, 0.1) is 19.8 Å². The van der Waals surface area contributed by atoms with Crippen LogP contribution in [-0.4, -0.2) is 60.9 Å². The first-order valence-electron chi connectivity index (χ1n) is 9.90. The Morgan fingerprint density at radius 3 is 2.64 bits per heavy atom. The van der Waals surface area contributed by atoms with Crippen LogP contribution in [0.1, 0.15) is 19.8 Å². The van der Waals surface area contributed by atoms with Gasteiger partial charge >= 0.3 is 0 Å². The predicted octanol–water partition coefficient (Wildman–Crippen LogP) is 2.73. The molecule has 0 unspecified atom stereocenters. The van der Waals surface area contributed by atoms with Crippen LogP contribution in [0.15, 0.2) is 30.6 Å². The molecular formula is C20H30N6O2. The molecule has 8 heteroatoms. The predicted molar refractivity (Wildman–Crippen MR) is 112 cm³/mol. The SMILES string of the molecule is CCCCOc1ccc(Nc2ncnc(NCCN3CCOCC3)c2N)cc1. The van der Waals surface area contributed by atoms with E-state index in [0.29, 0.717) is 17.3 Å². The number of hydrogen-bond donors (Lipinski definition) is 3. The van der Waals surface area contributed by atoms with Gasteiger partial charge in [0.1, 0.15) is 17.8 Å². The van der Waals surface area contributed by atoms with E-state index in [1.807, 2.05) is 24.3 Å². The fourth-order valence-corrected chi connectivity index (χ4v) is 2.90. The van der Waals surface area contributed by atoms with Crippen LogP contribution in [0.25, 0.3) is 0 Å². The van der Waals surface area contributed by atoms with Crippen LogP contribution in [0.2, 0.25) is 0 Å². The van der Waals surface area contributed by atoms with Crippen molar-refractivity contribution in [1.82, 2.24) is 14.9 Å². The summed E-state index contributed by atoms with van der Waals surface area (Å²) < 4.78 is 11.1. The van der Waals surface area contributed by atoms with Gasteiger partial charge in [0.15, 0.2) is 11.6 Å². The number of nitrogens with zero attached hydrogens (tertiary/aromatic N) is 3. The third kappa shape index (κ3) is 5.97. The second kappa shape index (κ2) is 10.7. The second-order valence-corrected chi connectivity index (χ2v) is 6.72. The maximum Gasteiger partial charge on any atom is 0.159 e. The summed E-state index contributed by atoms with van der Waals surface area (Å²) in [5.41, 5.74) is 7.66. The number of aromatic nitrogens is 2. The molecule has 0 spiro atoms. The highest BCUT2D eigenvalue weighted by molar-refractivity contribution is 5.77. The highest BCUT2D eigenvalue weighted by atomic mass is 16.5. The van der Waals surface area contributed by atoms with Crippen molar-refractivity contribution in [2.24, 2.45) is 0 Å². The highest BCUT2D eigenvalue weighted by Gasteiger charge is 2.11. The number of benzene rings is 1. The first-order valence-corrected chi connectivity index (χ1v) is 9.90. The van der Waals surface area contributed by atoms with Crippen molar-refractivity contribution in [3.05, 3.63) is 30.6 Å². The molecule has 3 rings (SSSR count). The molecule has 28 heavy (non-hydrogen) atoms. The maximum absolute atomic E-state index is 6.25. The Bertz CT molecular complexity index is 719. The minimum Gasteiger partial charge on any atom is -0.494 e. The summed E-state index contributed by atoms with van der Waals surface area (Å²) in [6, 6.07) is 7.79. The Kier molecular flexibility index (Phi) is 7.69. The summed E-state index contributed by atoms with van der Waals surface area (Å²) in [6.45, 7) is 8.10. The molecule has 1 aromatic heterocycles. The van der Waals surface area contributed by atoms with Crippen LogP contribution in [0, 0.1) is 0 Å². The molecule has 0 saturated carbocycles. The van der Waals surface area contributed by atoms with E-state index in [2.05, 4.69) is 32.4 Å². The van der Waals surface area contributed by atoms with Gasteiger partial charge in [0.2, 0.25) is 0 Å². The first-order chi connectivity index (χ1) is 13.8. The standard InChI is InChI=1S/C20H30N6O2/c1-2-3-12-28-17-6-4-16(5-7-17)25-20-18(21)19(23-15-24-20)22-8-9-26-10-13-27-14-11-26/h4-7,15H,2-3,8-14,21H2,1H3,(H2,22,23,24,25). The molecule has 0 radical (unpaired) electrons. The molecule has 2 aromatic rings. The Morgan fingerprint density at radius 2 is 1.89 bits per heavy atom. The number of hydrogen-bond acceptors (Lipinski definition) is 8. The lowest BCUT2D eigenvalue weighted by Gasteiger charge is -2.26. The van der Waals surface area contributed by atoms with Gasteiger partial charge in [-0.25, -0.2) is 9.97 Å². The van der Waals surface area contributed by atoms with Crippen LogP contribution >= 0.6 is 0 Å². The Morgan fingerprint density at radius 1 is 1.14 bits per heavy atom. The molecule has 1 aromatic carbocycles. The van der Waals surface area contributed by atoms with Crippen molar-refractivity contribution in [2.45, 2.75) is 19.8 Å². The van der Waals surface area contributed by atoms with E-state index in [0.717, 1.165) is 70.3 Å². The van der Waals surface area contributed by atoms with E-state index in [1.165, 1.54) is 6.33 Å². The lowest BCUT2D eigenvalue weighted by Crippen LogP contribution is -2.39. The van der Waals surface area contributed by atoms with Gasteiger partial charge in [-0.1, -0.05) is 13.3 Å². The van der Waals surface area contributed by atoms with Crippen LogP contribution in [-0.2, 0) is 4.74 Å². The van der Waals surface area contributed by atoms with Crippen molar-refractivity contribution >= 4 is 23.0 Å². The Hall–Kier alpha value is -2.58. The molecule has 2 heterocycles. The number of nitrogens with one attached hydrogen (secondary N) is 2. The fraction of sp³-hybridized carbons (Fsp3) is 0.500. The summed E-state index contributed by atoms with van der Waals surface area (Å²) in [5, 5.41) is 6.55. The molecule has 0 aliphatic carbocycles. The summed E-state index contributed by atoms with van der Waals surface area (Å²) in [7, 11) is 0. The quantitative estimate of drug-likeness (QED) is 0.536. The van der Waals surface area contributed by atoms with Crippen LogP contribution in [0.3, 0.4) is 0 Å².